The average molecular weight is 162 g/mol. The van der Waals surface area contributed by atoms with Gasteiger partial charge in [0.1, 0.15) is 6.10 Å². The highest BCUT2D eigenvalue weighted by molar-refractivity contribution is 4.81. The molecular formula is C7H14O4. The molecule has 1 fully saturated rings. The molecule has 0 spiro atoms. The highest BCUT2D eigenvalue weighted by Crippen LogP contribution is 2.19. The first-order valence-electron chi connectivity index (χ1n) is 3.77. The summed E-state index contributed by atoms with van der Waals surface area (Å²) < 4.78 is 5.11. The van der Waals surface area contributed by atoms with Crippen LogP contribution in [0.25, 0.3) is 0 Å². The van der Waals surface area contributed by atoms with Gasteiger partial charge in [0.25, 0.3) is 0 Å². The van der Waals surface area contributed by atoms with E-state index in [1.165, 1.54) is 0 Å². The lowest BCUT2D eigenvalue weighted by atomic mass is 10.00. The highest BCUT2D eigenvalue weighted by Gasteiger charge is 2.32. The van der Waals surface area contributed by atoms with Crippen molar-refractivity contribution >= 4 is 0 Å². The van der Waals surface area contributed by atoms with Crippen molar-refractivity contribution in [2.45, 2.75) is 37.8 Å². The molecule has 0 bridgehead atoms. The molecule has 1 rings (SSSR count). The monoisotopic (exact) mass is 162 g/mol. The average Bonchev–Trinajstić information content (AvgIpc) is 1.97. The van der Waals surface area contributed by atoms with E-state index < -0.39 is 18.3 Å². The Hall–Kier alpha value is -0.160. The quantitative estimate of drug-likeness (QED) is 0.456. The third-order valence-electron chi connectivity index (χ3n) is 2.02. The van der Waals surface area contributed by atoms with Gasteiger partial charge in [0.05, 0.1) is 24.9 Å². The Labute approximate surface area is 65.4 Å². The van der Waals surface area contributed by atoms with Gasteiger partial charge in [-0.2, -0.15) is 0 Å². The van der Waals surface area contributed by atoms with Crippen LogP contribution in [0.5, 0.6) is 0 Å². The second-order valence-electron chi connectivity index (χ2n) is 2.93. The molecule has 0 aromatic carbocycles. The predicted octanol–water partition coefficient (Wildman–Crippen LogP) is -1.12. The first-order chi connectivity index (χ1) is 5.15. The maximum absolute atomic E-state index is 9.21. The van der Waals surface area contributed by atoms with E-state index in [2.05, 4.69) is 0 Å². The number of aliphatic hydroxyl groups is 3. The van der Waals surface area contributed by atoms with Gasteiger partial charge in [-0.1, -0.05) is 0 Å². The van der Waals surface area contributed by atoms with E-state index in [1.807, 2.05) is 0 Å². The van der Waals surface area contributed by atoms with E-state index in [4.69, 9.17) is 9.84 Å². The molecule has 1 heterocycles. The van der Waals surface area contributed by atoms with E-state index in [1.54, 1.807) is 6.92 Å². The molecule has 0 amide bonds. The van der Waals surface area contributed by atoms with Crippen molar-refractivity contribution in [3.8, 4) is 0 Å². The normalized spacial score (nSPS) is 45.8. The van der Waals surface area contributed by atoms with Crippen molar-refractivity contribution in [3.63, 3.8) is 0 Å². The van der Waals surface area contributed by atoms with Crippen LogP contribution >= 0.6 is 0 Å². The molecule has 0 aromatic heterocycles. The summed E-state index contributed by atoms with van der Waals surface area (Å²) in [6.45, 7) is 1.53. The van der Waals surface area contributed by atoms with Gasteiger partial charge in [0.15, 0.2) is 0 Å². The molecule has 0 radical (unpaired) electrons. The van der Waals surface area contributed by atoms with Crippen LogP contribution in [0.15, 0.2) is 0 Å². The van der Waals surface area contributed by atoms with Gasteiger partial charge in [0.2, 0.25) is 0 Å². The molecule has 0 unspecified atom stereocenters. The van der Waals surface area contributed by atoms with Crippen LogP contribution in [0.1, 0.15) is 13.3 Å². The topological polar surface area (TPSA) is 69.9 Å². The second kappa shape index (κ2) is 3.49. The zero-order valence-electron chi connectivity index (χ0n) is 6.47. The molecule has 4 atom stereocenters. The number of hydrogen-bond acceptors (Lipinski definition) is 4. The third kappa shape index (κ3) is 1.90. The zero-order valence-corrected chi connectivity index (χ0v) is 6.47. The summed E-state index contributed by atoms with van der Waals surface area (Å²) in [4.78, 5) is 0. The summed E-state index contributed by atoms with van der Waals surface area (Å²) in [6, 6.07) is 0. The van der Waals surface area contributed by atoms with E-state index in [0.717, 1.165) is 0 Å². The van der Waals surface area contributed by atoms with Crippen molar-refractivity contribution in [3.05, 3.63) is 0 Å². The van der Waals surface area contributed by atoms with E-state index in [-0.39, 0.29) is 19.1 Å². The third-order valence-corrected chi connectivity index (χ3v) is 2.02. The van der Waals surface area contributed by atoms with Crippen molar-refractivity contribution < 1.29 is 20.1 Å². The van der Waals surface area contributed by atoms with Gasteiger partial charge in [-0.3, -0.25) is 0 Å². The van der Waals surface area contributed by atoms with E-state index >= 15 is 0 Å². The summed E-state index contributed by atoms with van der Waals surface area (Å²) >= 11 is 0. The Morgan fingerprint density at radius 3 is 2.55 bits per heavy atom. The molecular weight excluding hydrogens is 148 g/mol. The zero-order chi connectivity index (χ0) is 8.43. The Kier molecular flexibility index (Phi) is 2.84. The molecule has 1 aliphatic rings. The lowest BCUT2D eigenvalue weighted by molar-refractivity contribution is -0.173. The maximum Gasteiger partial charge on any atom is 0.107 e. The van der Waals surface area contributed by atoms with E-state index in [0.29, 0.717) is 0 Å². The number of ether oxygens (including phenoxy) is 1. The minimum absolute atomic E-state index is 0.196. The maximum atomic E-state index is 9.21. The summed E-state index contributed by atoms with van der Waals surface area (Å²) in [5.74, 6) is 0. The van der Waals surface area contributed by atoms with Crippen LogP contribution in [0.2, 0.25) is 0 Å². The minimum Gasteiger partial charge on any atom is -0.394 e. The largest absolute Gasteiger partial charge is 0.394 e. The summed E-state index contributed by atoms with van der Waals surface area (Å²) in [5.41, 5.74) is 0. The van der Waals surface area contributed by atoms with Crippen LogP contribution < -0.4 is 0 Å². The SMILES string of the molecule is C[C@H]1O[C@H](CO)[C@@H](O)C[C@@H]1O. The van der Waals surface area contributed by atoms with Crippen molar-refractivity contribution in [2.75, 3.05) is 6.61 Å². The van der Waals surface area contributed by atoms with Crippen LogP contribution in [-0.2, 0) is 4.74 Å². The van der Waals surface area contributed by atoms with Crippen molar-refractivity contribution in [1.29, 1.82) is 0 Å². The second-order valence-corrected chi connectivity index (χ2v) is 2.93. The molecule has 1 aliphatic heterocycles. The van der Waals surface area contributed by atoms with Crippen LogP contribution in [-0.4, -0.2) is 46.3 Å². The molecule has 0 saturated carbocycles. The Morgan fingerprint density at radius 1 is 1.36 bits per heavy atom. The van der Waals surface area contributed by atoms with Crippen LogP contribution in [0.4, 0.5) is 0 Å². The van der Waals surface area contributed by atoms with Gasteiger partial charge < -0.3 is 20.1 Å². The van der Waals surface area contributed by atoms with Gasteiger partial charge in [0, 0.05) is 6.42 Å². The number of rotatable bonds is 1. The molecule has 0 aliphatic carbocycles. The summed E-state index contributed by atoms with van der Waals surface area (Å²) in [7, 11) is 0. The predicted molar refractivity (Wildman–Crippen MR) is 38.1 cm³/mol. The molecule has 3 N–H and O–H groups in total. The number of aliphatic hydroxyl groups excluding tert-OH is 3. The van der Waals surface area contributed by atoms with Crippen LogP contribution in [0.3, 0.4) is 0 Å². The fourth-order valence-electron chi connectivity index (χ4n) is 1.21. The standard InChI is InChI=1S/C7H14O4/c1-4-5(9)2-6(10)7(3-8)11-4/h4-10H,2-3H2,1H3/t4-,5+,6+,7-/m1/s1. The first-order valence-corrected chi connectivity index (χ1v) is 3.77. The van der Waals surface area contributed by atoms with Crippen molar-refractivity contribution in [2.24, 2.45) is 0 Å². The molecule has 4 nitrogen and oxygen atoms in total. The summed E-state index contributed by atoms with van der Waals surface area (Å²) in [5, 5.41) is 27.1. The lowest BCUT2D eigenvalue weighted by Gasteiger charge is -2.34. The molecule has 11 heavy (non-hydrogen) atoms. The van der Waals surface area contributed by atoms with Gasteiger partial charge in [-0.15, -0.1) is 0 Å². The van der Waals surface area contributed by atoms with Gasteiger partial charge in [-0.25, -0.2) is 0 Å². The first kappa shape index (κ1) is 8.93. The van der Waals surface area contributed by atoms with E-state index in [9.17, 15) is 10.2 Å². The molecule has 1 saturated heterocycles. The molecule has 66 valence electrons. The fraction of sp³-hybridized carbons (Fsp3) is 1.00. The Balaban J connectivity index is 2.48. The fourth-order valence-corrected chi connectivity index (χ4v) is 1.21. The minimum atomic E-state index is -0.744. The molecule has 0 aromatic rings. The Morgan fingerprint density at radius 2 is 2.00 bits per heavy atom. The number of hydrogen-bond donors (Lipinski definition) is 3. The van der Waals surface area contributed by atoms with Gasteiger partial charge in [-0.05, 0) is 6.92 Å². The highest BCUT2D eigenvalue weighted by atomic mass is 16.5. The van der Waals surface area contributed by atoms with Crippen LogP contribution in [0, 0.1) is 0 Å². The van der Waals surface area contributed by atoms with Gasteiger partial charge >= 0.3 is 0 Å². The summed E-state index contributed by atoms with van der Waals surface area (Å²) in [6.07, 6.45) is -1.91. The molecule has 4 heteroatoms. The van der Waals surface area contributed by atoms with Crippen molar-refractivity contribution in [1.82, 2.24) is 0 Å². The Bertz CT molecular complexity index is 128. The lowest BCUT2D eigenvalue weighted by Crippen LogP contribution is -2.47. The smallest absolute Gasteiger partial charge is 0.107 e.